The highest BCUT2D eigenvalue weighted by molar-refractivity contribution is 7.89. The second-order valence-electron chi connectivity index (χ2n) is 4.11. The Labute approximate surface area is 112 Å². The van der Waals surface area contributed by atoms with Gasteiger partial charge in [0.25, 0.3) is 0 Å². The van der Waals surface area contributed by atoms with E-state index >= 15 is 0 Å². The van der Waals surface area contributed by atoms with Crippen molar-refractivity contribution in [3.8, 4) is 0 Å². The van der Waals surface area contributed by atoms with Crippen molar-refractivity contribution in [1.82, 2.24) is 4.72 Å². The molecule has 0 aliphatic heterocycles. The minimum Gasteiger partial charge on any atom is -0.388 e. The van der Waals surface area contributed by atoms with Crippen LogP contribution in [0, 0.1) is 0 Å². The molecule has 0 aliphatic carbocycles. The second-order valence-corrected chi connectivity index (χ2v) is 5.88. The Hall–Kier alpha value is -1.44. The Kier molecular flexibility index (Phi) is 5.46. The number of amides is 1. The highest BCUT2D eigenvalue weighted by atomic mass is 32.2. The van der Waals surface area contributed by atoms with Crippen LogP contribution in [-0.2, 0) is 14.8 Å². The van der Waals surface area contributed by atoms with Gasteiger partial charge in [-0.3, -0.25) is 4.79 Å². The van der Waals surface area contributed by atoms with Gasteiger partial charge < -0.3 is 10.8 Å². The lowest BCUT2D eigenvalue weighted by atomic mass is 10.1. The van der Waals surface area contributed by atoms with E-state index in [0.717, 1.165) is 0 Å². The summed E-state index contributed by atoms with van der Waals surface area (Å²) in [6.45, 7) is 1.76. The third-order valence-corrected chi connectivity index (χ3v) is 4.06. The van der Waals surface area contributed by atoms with Crippen LogP contribution >= 0.6 is 0 Å². The molecule has 1 unspecified atom stereocenters. The molecule has 0 saturated carbocycles. The average molecular weight is 286 g/mol. The number of benzene rings is 1. The lowest BCUT2D eigenvalue weighted by molar-refractivity contribution is -0.117. The number of carbonyl (C=O) groups is 1. The maximum Gasteiger partial charge on any atom is 0.240 e. The molecule has 0 saturated heterocycles. The van der Waals surface area contributed by atoms with E-state index in [2.05, 4.69) is 4.72 Å². The van der Waals surface area contributed by atoms with E-state index in [1.165, 1.54) is 12.1 Å². The summed E-state index contributed by atoms with van der Waals surface area (Å²) in [5, 5.41) is 9.69. The predicted octanol–water partition coefficient (Wildman–Crippen LogP) is 0.284. The van der Waals surface area contributed by atoms with Gasteiger partial charge in [-0.15, -0.1) is 0 Å². The molecule has 1 amide bonds. The number of aliphatic hydroxyl groups excluding tert-OH is 1. The Balaban J connectivity index is 2.86. The zero-order chi connectivity index (χ0) is 14.5. The number of primary amides is 1. The Morgan fingerprint density at radius 2 is 2.16 bits per heavy atom. The number of aliphatic hydroxyl groups is 1. The fraction of sp³-hybridized carbons (Fsp3) is 0.417. The summed E-state index contributed by atoms with van der Waals surface area (Å²) in [7, 11) is -3.69. The van der Waals surface area contributed by atoms with Crippen molar-refractivity contribution in [1.29, 1.82) is 0 Å². The summed E-state index contributed by atoms with van der Waals surface area (Å²) in [6.07, 6.45) is -0.254. The molecule has 106 valence electrons. The molecule has 7 heteroatoms. The molecular formula is C12H18N2O4S. The van der Waals surface area contributed by atoms with Crippen LogP contribution in [-0.4, -0.2) is 26.0 Å². The van der Waals surface area contributed by atoms with Crippen LogP contribution in [0.3, 0.4) is 0 Å². The smallest absolute Gasteiger partial charge is 0.240 e. The number of sulfonamides is 1. The van der Waals surface area contributed by atoms with E-state index in [1.807, 2.05) is 0 Å². The lowest BCUT2D eigenvalue weighted by Crippen LogP contribution is -2.28. The Bertz CT molecular complexity index is 542. The first-order chi connectivity index (χ1) is 8.86. The minimum atomic E-state index is -3.69. The highest BCUT2D eigenvalue weighted by Crippen LogP contribution is 2.19. The van der Waals surface area contributed by atoms with Gasteiger partial charge in [-0.05, 0) is 24.1 Å². The van der Waals surface area contributed by atoms with Crippen molar-refractivity contribution in [3.63, 3.8) is 0 Å². The molecule has 0 radical (unpaired) electrons. The third kappa shape index (κ3) is 4.62. The number of hydrogen-bond donors (Lipinski definition) is 3. The number of hydrogen-bond acceptors (Lipinski definition) is 4. The van der Waals surface area contributed by atoms with E-state index in [-0.39, 0.29) is 17.9 Å². The monoisotopic (exact) mass is 286 g/mol. The molecular weight excluding hydrogens is 268 g/mol. The van der Waals surface area contributed by atoms with Gasteiger partial charge in [-0.1, -0.05) is 19.1 Å². The van der Waals surface area contributed by atoms with E-state index in [0.29, 0.717) is 12.0 Å². The minimum absolute atomic E-state index is 0.0434. The highest BCUT2D eigenvalue weighted by Gasteiger charge is 2.15. The molecule has 6 nitrogen and oxygen atoms in total. The molecule has 1 rings (SSSR count). The van der Waals surface area contributed by atoms with Crippen molar-refractivity contribution in [3.05, 3.63) is 29.8 Å². The maximum absolute atomic E-state index is 11.9. The quantitative estimate of drug-likeness (QED) is 0.669. The molecule has 1 aromatic carbocycles. The van der Waals surface area contributed by atoms with Gasteiger partial charge in [0, 0.05) is 13.0 Å². The fourth-order valence-corrected chi connectivity index (χ4v) is 2.60. The van der Waals surface area contributed by atoms with Crippen LogP contribution in [0.2, 0.25) is 0 Å². The summed E-state index contributed by atoms with van der Waals surface area (Å²) in [5.41, 5.74) is 5.48. The lowest BCUT2D eigenvalue weighted by Gasteiger charge is -2.11. The molecule has 4 N–H and O–H groups in total. The molecule has 0 aliphatic rings. The van der Waals surface area contributed by atoms with Gasteiger partial charge in [0.05, 0.1) is 11.0 Å². The van der Waals surface area contributed by atoms with Crippen LogP contribution in [0.4, 0.5) is 0 Å². The Morgan fingerprint density at radius 1 is 1.47 bits per heavy atom. The van der Waals surface area contributed by atoms with E-state index in [1.54, 1.807) is 19.1 Å². The van der Waals surface area contributed by atoms with Gasteiger partial charge in [0.15, 0.2) is 0 Å². The number of nitrogens with two attached hydrogens (primary N) is 1. The molecule has 19 heavy (non-hydrogen) atoms. The van der Waals surface area contributed by atoms with E-state index < -0.39 is 22.0 Å². The van der Waals surface area contributed by atoms with Crippen molar-refractivity contribution in [2.24, 2.45) is 5.73 Å². The van der Waals surface area contributed by atoms with Gasteiger partial charge in [-0.25, -0.2) is 13.1 Å². The molecule has 0 spiro atoms. The molecule has 1 aromatic rings. The first-order valence-electron chi connectivity index (χ1n) is 5.93. The zero-order valence-electron chi connectivity index (χ0n) is 10.7. The molecule has 0 aromatic heterocycles. The first kappa shape index (κ1) is 15.6. The normalized spacial score (nSPS) is 13.2. The Morgan fingerprint density at radius 3 is 2.74 bits per heavy atom. The van der Waals surface area contributed by atoms with Crippen molar-refractivity contribution < 1.29 is 18.3 Å². The van der Waals surface area contributed by atoms with Crippen molar-refractivity contribution in [2.75, 3.05) is 6.54 Å². The van der Waals surface area contributed by atoms with Crippen molar-refractivity contribution >= 4 is 15.9 Å². The first-order valence-corrected chi connectivity index (χ1v) is 7.41. The fourth-order valence-electron chi connectivity index (χ4n) is 1.52. The molecule has 0 fully saturated rings. The zero-order valence-corrected chi connectivity index (χ0v) is 11.5. The molecule has 0 bridgehead atoms. The van der Waals surface area contributed by atoms with Crippen LogP contribution in [0.1, 0.15) is 31.4 Å². The standard InChI is InChI=1S/C12H18N2O4S/c1-2-11(15)9-4-3-5-10(8-9)19(17,18)14-7-6-12(13)16/h3-5,8,11,14-15H,2,6-7H2,1H3,(H2,13,16). The molecule has 0 heterocycles. The van der Waals surface area contributed by atoms with Crippen LogP contribution in [0.5, 0.6) is 0 Å². The summed E-state index contributed by atoms with van der Waals surface area (Å²) >= 11 is 0. The van der Waals surface area contributed by atoms with E-state index in [9.17, 15) is 18.3 Å². The largest absolute Gasteiger partial charge is 0.388 e. The predicted molar refractivity (Wildman–Crippen MR) is 70.7 cm³/mol. The topological polar surface area (TPSA) is 109 Å². The van der Waals surface area contributed by atoms with Crippen LogP contribution in [0.15, 0.2) is 29.2 Å². The SMILES string of the molecule is CCC(O)c1cccc(S(=O)(=O)NCCC(N)=O)c1. The number of carbonyl (C=O) groups excluding carboxylic acids is 1. The second kappa shape index (κ2) is 6.65. The van der Waals surface area contributed by atoms with Crippen LogP contribution < -0.4 is 10.5 Å². The maximum atomic E-state index is 11.9. The summed E-state index contributed by atoms with van der Waals surface area (Å²) < 4.78 is 26.1. The van der Waals surface area contributed by atoms with Gasteiger partial charge in [-0.2, -0.15) is 0 Å². The summed E-state index contributed by atoms with van der Waals surface area (Å²) in [6, 6.07) is 6.08. The number of rotatable bonds is 7. The average Bonchev–Trinajstić information content (AvgIpc) is 2.37. The van der Waals surface area contributed by atoms with E-state index in [4.69, 9.17) is 5.73 Å². The summed E-state index contributed by atoms with van der Waals surface area (Å²) in [4.78, 5) is 10.6. The van der Waals surface area contributed by atoms with Gasteiger partial charge >= 0.3 is 0 Å². The van der Waals surface area contributed by atoms with Gasteiger partial charge in [0.1, 0.15) is 0 Å². The third-order valence-electron chi connectivity index (χ3n) is 2.60. The van der Waals surface area contributed by atoms with Crippen molar-refractivity contribution in [2.45, 2.75) is 30.8 Å². The van der Waals surface area contributed by atoms with Gasteiger partial charge in [0.2, 0.25) is 15.9 Å². The molecule has 1 atom stereocenters. The number of nitrogens with one attached hydrogen (secondary N) is 1. The summed E-state index contributed by atoms with van der Waals surface area (Å²) in [5.74, 6) is -0.571. The van der Waals surface area contributed by atoms with Crippen LogP contribution in [0.25, 0.3) is 0 Å².